The smallest absolute Gasteiger partial charge is 0.0205 e. The van der Waals surface area contributed by atoms with E-state index in [1.165, 1.54) is 10.5 Å². The SMILES string of the molecule is CCNCc1ccc(SC(C)(C)C)cc1. The van der Waals surface area contributed by atoms with Gasteiger partial charge in [0, 0.05) is 16.2 Å². The summed E-state index contributed by atoms with van der Waals surface area (Å²) in [5.74, 6) is 0. The van der Waals surface area contributed by atoms with Gasteiger partial charge in [0.15, 0.2) is 0 Å². The molecular weight excluding hydrogens is 202 g/mol. The molecule has 0 atom stereocenters. The minimum atomic E-state index is 0.295. The van der Waals surface area contributed by atoms with Crippen LogP contribution in [0.15, 0.2) is 29.2 Å². The molecule has 1 aromatic rings. The molecule has 0 saturated heterocycles. The van der Waals surface area contributed by atoms with Crippen molar-refractivity contribution >= 4 is 11.8 Å². The molecule has 1 nitrogen and oxygen atoms in total. The molecule has 1 rings (SSSR count). The Morgan fingerprint density at radius 2 is 1.73 bits per heavy atom. The molecule has 2 heteroatoms. The third-order valence-electron chi connectivity index (χ3n) is 1.93. The van der Waals surface area contributed by atoms with Crippen LogP contribution < -0.4 is 5.32 Å². The van der Waals surface area contributed by atoms with Crippen LogP contribution >= 0.6 is 11.8 Å². The Balaban J connectivity index is 2.56. The summed E-state index contributed by atoms with van der Waals surface area (Å²) in [5, 5.41) is 3.33. The second-order valence-electron chi connectivity index (χ2n) is 4.64. The van der Waals surface area contributed by atoms with Crippen LogP contribution in [0.25, 0.3) is 0 Å². The summed E-state index contributed by atoms with van der Waals surface area (Å²) < 4.78 is 0.295. The molecule has 0 heterocycles. The average Bonchev–Trinajstić information content (AvgIpc) is 2.14. The number of rotatable bonds is 4. The number of thioether (sulfide) groups is 1. The van der Waals surface area contributed by atoms with Crippen molar-refractivity contribution in [3.8, 4) is 0 Å². The Kier molecular flexibility index (Phi) is 4.68. The quantitative estimate of drug-likeness (QED) is 0.781. The maximum atomic E-state index is 3.33. The molecule has 0 aromatic heterocycles. The molecule has 0 spiro atoms. The molecule has 1 aromatic carbocycles. The van der Waals surface area contributed by atoms with E-state index in [9.17, 15) is 0 Å². The second-order valence-corrected chi connectivity index (χ2v) is 6.54. The van der Waals surface area contributed by atoms with Crippen molar-refractivity contribution in [1.82, 2.24) is 5.32 Å². The van der Waals surface area contributed by atoms with E-state index in [-0.39, 0.29) is 0 Å². The van der Waals surface area contributed by atoms with Crippen LogP contribution in [0.5, 0.6) is 0 Å². The maximum absolute atomic E-state index is 3.33. The maximum Gasteiger partial charge on any atom is 0.0205 e. The van der Waals surface area contributed by atoms with Crippen LogP contribution in [0.3, 0.4) is 0 Å². The first kappa shape index (κ1) is 12.6. The van der Waals surface area contributed by atoms with E-state index in [4.69, 9.17) is 0 Å². The van der Waals surface area contributed by atoms with E-state index in [0.29, 0.717) is 4.75 Å². The number of nitrogens with one attached hydrogen (secondary N) is 1. The molecule has 0 radical (unpaired) electrons. The van der Waals surface area contributed by atoms with Crippen LogP contribution in [0.2, 0.25) is 0 Å². The lowest BCUT2D eigenvalue weighted by Gasteiger charge is -2.17. The molecule has 0 bridgehead atoms. The van der Waals surface area contributed by atoms with Crippen molar-refractivity contribution in [3.05, 3.63) is 29.8 Å². The fourth-order valence-electron chi connectivity index (χ4n) is 1.30. The Labute approximate surface area is 97.7 Å². The molecule has 1 N–H and O–H groups in total. The molecule has 0 amide bonds. The zero-order valence-corrected chi connectivity index (χ0v) is 10.9. The summed E-state index contributed by atoms with van der Waals surface area (Å²) in [6.45, 7) is 10.8. The zero-order valence-electron chi connectivity index (χ0n) is 10.1. The van der Waals surface area contributed by atoms with Crippen molar-refractivity contribution in [2.24, 2.45) is 0 Å². The number of hydrogen-bond acceptors (Lipinski definition) is 2. The van der Waals surface area contributed by atoms with Crippen LogP contribution in [-0.2, 0) is 6.54 Å². The van der Waals surface area contributed by atoms with Gasteiger partial charge in [0.2, 0.25) is 0 Å². The minimum absolute atomic E-state index is 0.295. The monoisotopic (exact) mass is 223 g/mol. The molecule has 0 fully saturated rings. The normalized spacial score (nSPS) is 11.7. The van der Waals surface area contributed by atoms with Gasteiger partial charge in [-0.25, -0.2) is 0 Å². The first-order valence-electron chi connectivity index (χ1n) is 5.50. The Morgan fingerprint density at radius 3 is 2.20 bits per heavy atom. The van der Waals surface area contributed by atoms with Gasteiger partial charge in [-0.05, 0) is 24.2 Å². The van der Waals surface area contributed by atoms with Crippen LogP contribution in [0.1, 0.15) is 33.3 Å². The summed E-state index contributed by atoms with van der Waals surface area (Å²) in [5.41, 5.74) is 1.36. The molecule has 0 aliphatic carbocycles. The molecule has 0 unspecified atom stereocenters. The molecular formula is C13H21NS. The van der Waals surface area contributed by atoms with Crippen molar-refractivity contribution < 1.29 is 0 Å². The highest BCUT2D eigenvalue weighted by molar-refractivity contribution is 8.00. The number of benzene rings is 1. The largest absolute Gasteiger partial charge is 0.313 e. The van der Waals surface area contributed by atoms with Gasteiger partial charge in [0.25, 0.3) is 0 Å². The fraction of sp³-hybridized carbons (Fsp3) is 0.538. The predicted octanol–water partition coefficient (Wildman–Crippen LogP) is 3.69. The lowest BCUT2D eigenvalue weighted by Crippen LogP contribution is -2.11. The second kappa shape index (κ2) is 5.57. The minimum Gasteiger partial charge on any atom is -0.313 e. The first-order valence-corrected chi connectivity index (χ1v) is 6.31. The molecule has 84 valence electrons. The third kappa shape index (κ3) is 5.24. The molecule has 0 saturated carbocycles. The Bertz CT molecular complexity index is 284. The summed E-state index contributed by atoms with van der Waals surface area (Å²) in [6.07, 6.45) is 0. The highest BCUT2D eigenvalue weighted by atomic mass is 32.2. The Morgan fingerprint density at radius 1 is 1.13 bits per heavy atom. The van der Waals surface area contributed by atoms with Gasteiger partial charge in [-0.1, -0.05) is 39.8 Å². The van der Waals surface area contributed by atoms with Gasteiger partial charge < -0.3 is 5.32 Å². The van der Waals surface area contributed by atoms with Crippen molar-refractivity contribution in [2.45, 2.75) is 43.9 Å². The Hall–Kier alpha value is -0.470. The van der Waals surface area contributed by atoms with Gasteiger partial charge in [-0.2, -0.15) is 0 Å². The summed E-state index contributed by atoms with van der Waals surface area (Å²) >= 11 is 1.91. The van der Waals surface area contributed by atoms with Crippen molar-refractivity contribution in [1.29, 1.82) is 0 Å². The fourth-order valence-corrected chi connectivity index (χ4v) is 2.28. The van der Waals surface area contributed by atoms with E-state index < -0.39 is 0 Å². The van der Waals surface area contributed by atoms with E-state index in [0.717, 1.165) is 13.1 Å². The first-order chi connectivity index (χ1) is 7.01. The van der Waals surface area contributed by atoms with Gasteiger partial charge in [-0.3, -0.25) is 0 Å². The zero-order chi connectivity index (χ0) is 11.3. The van der Waals surface area contributed by atoms with Crippen LogP contribution in [-0.4, -0.2) is 11.3 Å². The predicted molar refractivity (Wildman–Crippen MR) is 69.4 cm³/mol. The highest BCUT2D eigenvalue weighted by Gasteiger charge is 2.11. The highest BCUT2D eigenvalue weighted by Crippen LogP contribution is 2.31. The molecule has 15 heavy (non-hydrogen) atoms. The average molecular weight is 223 g/mol. The third-order valence-corrected chi connectivity index (χ3v) is 3.05. The van der Waals surface area contributed by atoms with Crippen LogP contribution in [0, 0.1) is 0 Å². The van der Waals surface area contributed by atoms with E-state index in [1.54, 1.807) is 0 Å². The molecule has 0 aliphatic heterocycles. The lowest BCUT2D eigenvalue weighted by atomic mass is 10.2. The van der Waals surface area contributed by atoms with Gasteiger partial charge in [0.1, 0.15) is 0 Å². The van der Waals surface area contributed by atoms with E-state index in [1.807, 2.05) is 11.8 Å². The van der Waals surface area contributed by atoms with Gasteiger partial charge in [-0.15, -0.1) is 11.8 Å². The summed E-state index contributed by atoms with van der Waals surface area (Å²) in [6, 6.07) is 8.83. The van der Waals surface area contributed by atoms with E-state index in [2.05, 4.69) is 57.3 Å². The van der Waals surface area contributed by atoms with Gasteiger partial charge in [0.05, 0.1) is 0 Å². The van der Waals surface area contributed by atoms with Crippen molar-refractivity contribution in [2.75, 3.05) is 6.54 Å². The number of hydrogen-bond donors (Lipinski definition) is 1. The standard InChI is InChI=1S/C13H21NS/c1-5-14-10-11-6-8-12(9-7-11)15-13(2,3)4/h6-9,14H,5,10H2,1-4H3. The topological polar surface area (TPSA) is 12.0 Å². The summed E-state index contributed by atoms with van der Waals surface area (Å²) in [4.78, 5) is 1.35. The van der Waals surface area contributed by atoms with Crippen molar-refractivity contribution in [3.63, 3.8) is 0 Å². The lowest BCUT2D eigenvalue weighted by molar-refractivity contribution is 0.726. The van der Waals surface area contributed by atoms with Gasteiger partial charge >= 0.3 is 0 Å². The van der Waals surface area contributed by atoms with E-state index >= 15 is 0 Å². The summed E-state index contributed by atoms with van der Waals surface area (Å²) in [7, 11) is 0. The van der Waals surface area contributed by atoms with Crippen LogP contribution in [0.4, 0.5) is 0 Å². The molecule has 0 aliphatic rings.